The van der Waals surface area contributed by atoms with E-state index in [0.717, 1.165) is 11.6 Å². The molecule has 0 saturated carbocycles. The van der Waals surface area contributed by atoms with Gasteiger partial charge in [0.05, 0.1) is 25.2 Å². The summed E-state index contributed by atoms with van der Waals surface area (Å²) in [5.74, 6) is 0.599. The minimum atomic E-state index is -0.576. The Morgan fingerprint density at radius 1 is 1.10 bits per heavy atom. The van der Waals surface area contributed by atoms with E-state index in [4.69, 9.17) is 13.9 Å². The van der Waals surface area contributed by atoms with E-state index in [1.807, 2.05) is 24.3 Å². The Balaban J connectivity index is 1.76. The Labute approximate surface area is 176 Å². The number of aromatic nitrogens is 1. The van der Waals surface area contributed by atoms with Crippen LogP contribution in [0.5, 0.6) is 17.2 Å². The van der Waals surface area contributed by atoms with E-state index in [0.29, 0.717) is 28.5 Å². The van der Waals surface area contributed by atoms with Crippen molar-refractivity contribution in [3.8, 4) is 28.7 Å². The zero-order valence-electron chi connectivity index (χ0n) is 16.6. The molecule has 3 aromatic carbocycles. The average molecular weight is 419 g/mol. The summed E-state index contributed by atoms with van der Waals surface area (Å²) < 4.78 is 16.2. The van der Waals surface area contributed by atoms with E-state index in [1.165, 1.54) is 26.5 Å². The van der Waals surface area contributed by atoms with Gasteiger partial charge in [-0.3, -0.25) is 15.1 Å². The Morgan fingerprint density at radius 2 is 1.87 bits per heavy atom. The minimum absolute atomic E-state index is 0.0251. The largest absolute Gasteiger partial charge is 0.504 e. The van der Waals surface area contributed by atoms with Gasteiger partial charge in [0.2, 0.25) is 5.89 Å². The Kier molecular flexibility index (Phi) is 5.23. The molecule has 31 heavy (non-hydrogen) atoms. The van der Waals surface area contributed by atoms with Crippen LogP contribution in [-0.4, -0.2) is 35.4 Å². The molecule has 156 valence electrons. The minimum Gasteiger partial charge on any atom is -0.504 e. The van der Waals surface area contributed by atoms with Gasteiger partial charge in [-0.05, 0) is 30.3 Å². The lowest BCUT2D eigenvalue weighted by Crippen LogP contribution is -1.94. The first-order valence-corrected chi connectivity index (χ1v) is 9.13. The van der Waals surface area contributed by atoms with Crippen LogP contribution in [0.2, 0.25) is 0 Å². The molecule has 4 rings (SSSR count). The van der Waals surface area contributed by atoms with Gasteiger partial charge in [-0.1, -0.05) is 12.1 Å². The van der Waals surface area contributed by atoms with Crippen LogP contribution in [0.4, 0.5) is 11.4 Å². The lowest BCUT2D eigenvalue weighted by Gasteiger charge is -2.07. The highest BCUT2D eigenvalue weighted by Gasteiger charge is 2.16. The van der Waals surface area contributed by atoms with Gasteiger partial charge in [-0.2, -0.15) is 0 Å². The monoisotopic (exact) mass is 419 g/mol. The topological polar surface area (TPSA) is 120 Å². The van der Waals surface area contributed by atoms with Gasteiger partial charge >= 0.3 is 0 Å². The van der Waals surface area contributed by atoms with Crippen LogP contribution in [0.3, 0.4) is 0 Å². The summed E-state index contributed by atoms with van der Waals surface area (Å²) in [5.41, 5.74) is 2.37. The molecule has 0 radical (unpaired) electrons. The van der Waals surface area contributed by atoms with Crippen molar-refractivity contribution in [3.63, 3.8) is 0 Å². The van der Waals surface area contributed by atoms with Crippen LogP contribution in [-0.2, 0) is 0 Å². The predicted octanol–water partition coefficient (Wildman–Crippen LogP) is 4.88. The maximum absolute atomic E-state index is 11.2. The summed E-state index contributed by atoms with van der Waals surface area (Å²) in [4.78, 5) is 19.4. The molecule has 0 aliphatic carbocycles. The summed E-state index contributed by atoms with van der Waals surface area (Å²) in [6.07, 6.45) is 1.30. The van der Waals surface area contributed by atoms with E-state index >= 15 is 0 Å². The van der Waals surface area contributed by atoms with Crippen LogP contribution in [0.15, 0.2) is 64.0 Å². The zero-order chi connectivity index (χ0) is 22.0. The van der Waals surface area contributed by atoms with Crippen LogP contribution >= 0.6 is 0 Å². The number of hydrogen-bond acceptors (Lipinski definition) is 8. The fraction of sp³-hybridized carbons (Fsp3) is 0.0909. The van der Waals surface area contributed by atoms with E-state index in [-0.39, 0.29) is 22.7 Å². The number of non-ortho nitro benzene ring substituents is 1. The number of aliphatic imine (C=N–C) groups is 1. The highest BCUT2D eigenvalue weighted by molar-refractivity contribution is 5.89. The van der Waals surface area contributed by atoms with Crippen LogP contribution in [0, 0.1) is 10.1 Å². The Morgan fingerprint density at radius 3 is 2.58 bits per heavy atom. The summed E-state index contributed by atoms with van der Waals surface area (Å²) >= 11 is 0. The van der Waals surface area contributed by atoms with Gasteiger partial charge in [0, 0.05) is 23.4 Å². The third-order valence-electron chi connectivity index (χ3n) is 4.58. The molecule has 1 aromatic heterocycles. The molecule has 0 fully saturated rings. The second-order valence-corrected chi connectivity index (χ2v) is 6.47. The molecule has 1 heterocycles. The van der Waals surface area contributed by atoms with Gasteiger partial charge < -0.3 is 19.0 Å². The molecule has 0 bridgehead atoms. The van der Waals surface area contributed by atoms with Crippen molar-refractivity contribution >= 4 is 28.7 Å². The van der Waals surface area contributed by atoms with Crippen molar-refractivity contribution < 1.29 is 23.9 Å². The van der Waals surface area contributed by atoms with Crippen LogP contribution in [0.1, 0.15) is 5.56 Å². The van der Waals surface area contributed by atoms with Gasteiger partial charge in [0.15, 0.2) is 17.1 Å². The number of nitro benzene ring substituents is 1. The number of fused-ring (bicyclic) bond motifs is 1. The molecule has 0 amide bonds. The van der Waals surface area contributed by atoms with Crippen molar-refractivity contribution in [1.82, 2.24) is 4.98 Å². The lowest BCUT2D eigenvalue weighted by molar-refractivity contribution is -0.385. The highest BCUT2D eigenvalue weighted by Crippen LogP contribution is 2.36. The third kappa shape index (κ3) is 3.88. The maximum atomic E-state index is 11.2. The van der Waals surface area contributed by atoms with Gasteiger partial charge in [0.1, 0.15) is 17.0 Å². The summed E-state index contributed by atoms with van der Waals surface area (Å²) in [6.45, 7) is 0. The van der Waals surface area contributed by atoms with Crippen LogP contribution < -0.4 is 9.47 Å². The molecule has 0 aliphatic rings. The second kappa shape index (κ2) is 8.15. The molecule has 1 N–H and O–H groups in total. The molecule has 0 spiro atoms. The highest BCUT2D eigenvalue weighted by atomic mass is 16.6. The average Bonchev–Trinajstić information content (AvgIpc) is 3.22. The first kappa shape index (κ1) is 19.9. The third-order valence-corrected chi connectivity index (χ3v) is 4.58. The maximum Gasteiger partial charge on any atom is 0.274 e. The van der Waals surface area contributed by atoms with E-state index in [9.17, 15) is 15.2 Å². The van der Waals surface area contributed by atoms with Crippen molar-refractivity contribution in [2.75, 3.05) is 14.2 Å². The number of ether oxygens (including phenoxy) is 2. The molecule has 0 unspecified atom stereocenters. The van der Waals surface area contributed by atoms with Gasteiger partial charge in [-0.15, -0.1) is 0 Å². The predicted molar refractivity (Wildman–Crippen MR) is 115 cm³/mol. The summed E-state index contributed by atoms with van der Waals surface area (Å²) in [6, 6.07) is 15.0. The molecule has 0 saturated heterocycles. The lowest BCUT2D eigenvalue weighted by atomic mass is 10.1. The molecule has 0 aliphatic heterocycles. The number of phenols is 1. The smallest absolute Gasteiger partial charge is 0.274 e. The number of nitrogens with zero attached hydrogens (tertiary/aromatic N) is 3. The molecule has 4 aromatic rings. The second-order valence-electron chi connectivity index (χ2n) is 6.47. The summed E-state index contributed by atoms with van der Waals surface area (Å²) in [7, 11) is 2.81. The quantitative estimate of drug-likeness (QED) is 0.269. The normalized spacial score (nSPS) is 11.2. The van der Waals surface area contributed by atoms with E-state index < -0.39 is 4.92 Å². The van der Waals surface area contributed by atoms with Crippen molar-refractivity contribution in [2.45, 2.75) is 0 Å². The number of benzene rings is 3. The molecule has 0 atom stereocenters. The number of para-hydroxylation sites is 2. The fourth-order valence-corrected chi connectivity index (χ4v) is 3.03. The van der Waals surface area contributed by atoms with Crippen molar-refractivity contribution in [2.24, 2.45) is 4.99 Å². The molecule has 9 heteroatoms. The summed E-state index contributed by atoms with van der Waals surface area (Å²) in [5, 5.41) is 21.5. The number of nitro groups is 1. The number of hydrogen-bond donors (Lipinski definition) is 1. The van der Waals surface area contributed by atoms with Crippen LogP contribution in [0.25, 0.3) is 22.6 Å². The Bertz CT molecular complexity index is 1280. The standard InChI is InChI=1S/C22H17N3O6/c1-29-18-8-7-13(22-24-16-5-3-4-6-19(16)31-22)10-17(18)23-12-14-9-15(25(27)28)11-20(30-2)21(14)26/h3-12,26H,1-2H3. The molecule has 9 nitrogen and oxygen atoms in total. The molecular weight excluding hydrogens is 402 g/mol. The fourth-order valence-electron chi connectivity index (χ4n) is 3.03. The Hall–Kier alpha value is -4.40. The number of oxazole rings is 1. The zero-order valence-corrected chi connectivity index (χ0v) is 16.6. The number of aromatic hydroxyl groups is 1. The SMILES string of the molecule is COc1ccc(-c2nc3ccccc3o2)cc1N=Cc1cc([N+](=O)[O-])cc(OC)c1O. The van der Waals surface area contributed by atoms with Gasteiger partial charge in [0.25, 0.3) is 5.69 Å². The number of phenolic OH excluding ortho intramolecular Hbond substituents is 1. The first-order chi connectivity index (χ1) is 15.0. The van der Waals surface area contributed by atoms with E-state index in [1.54, 1.807) is 18.2 Å². The number of methoxy groups -OCH3 is 2. The number of rotatable bonds is 6. The van der Waals surface area contributed by atoms with Crippen molar-refractivity contribution in [1.29, 1.82) is 0 Å². The molecular formula is C22H17N3O6. The first-order valence-electron chi connectivity index (χ1n) is 9.13. The van der Waals surface area contributed by atoms with E-state index in [2.05, 4.69) is 9.98 Å². The van der Waals surface area contributed by atoms with Crippen molar-refractivity contribution in [3.05, 3.63) is 70.3 Å². The van der Waals surface area contributed by atoms with Gasteiger partial charge in [-0.25, -0.2) is 4.98 Å².